The molecule has 0 aromatic heterocycles. The molecule has 0 amide bonds. The van der Waals surface area contributed by atoms with Gasteiger partial charge in [0.25, 0.3) is 10.1 Å². The molecule has 0 aliphatic rings. The highest BCUT2D eigenvalue weighted by atomic mass is 32.2. The predicted molar refractivity (Wildman–Crippen MR) is 49.8 cm³/mol. The lowest BCUT2D eigenvalue weighted by atomic mass is 10.2. The van der Waals surface area contributed by atoms with Crippen LogP contribution in [0.5, 0.6) is 0 Å². The van der Waals surface area contributed by atoms with Crippen LogP contribution < -0.4 is 0 Å². The Morgan fingerprint density at radius 2 is 2.08 bits per heavy atom. The maximum Gasteiger partial charge on any atom is 0.273 e. The Kier molecular flexibility index (Phi) is 5.65. The van der Waals surface area contributed by atoms with Gasteiger partial charge in [-0.05, 0) is 6.42 Å². The van der Waals surface area contributed by atoms with Crippen LogP contribution in [0.4, 0.5) is 0 Å². The summed E-state index contributed by atoms with van der Waals surface area (Å²) in [5.74, 6) is 0. The fraction of sp³-hybridized carbons (Fsp3) is 0.857. The molecule has 13 heavy (non-hydrogen) atoms. The van der Waals surface area contributed by atoms with Crippen LogP contribution in [0.25, 0.3) is 0 Å². The van der Waals surface area contributed by atoms with E-state index in [9.17, 15) is 8.42 Å². The fourth-order valence-corrected chi connectivity index (χ4v) is 1.64. The average molecular weight is 209 g/mol. The second-order valence-electron chi connectivity index (χ2n) is 2.81. The van der Waals surface area contributed by atoms with Gasteiger partial charge < -0.3 is 5.21 Å². The van der Waals surface area contributed by atoms with Gasteiger partial charge in [-0.15, -0.1) is 5.16 Å². The maximum absolute atomic E-state index is 10.7. The molecule has 0 aliphatic carbocycles. The van der Waals surface area contributed by atoms with Gasteiger partial charge in [-0.2, -0.15) is 8.42 Å². The van der Waals surface area contributed by atoms with Crippen molar-refractivity contribution in [2.45, 2.75) is 37.9 Å². The average Bonchev–Trinajstić information content (AvgIpc) is 2.01. The Hall–Kier alpha value is -0.620. The minimum Gasteiger partial charge on any atom is -0.411 e. The van der Waals surface area contributed by atoms with E-state index in [1.165, 1.54) is 0 Å². The lowest BCUT2D eigenvalue weighted by Crippen LogP contribution is -2.21. The third kappa shape index (κ3) is 5.59. The molecule has 1 unspecified atom stereocenters. The zero-order valence-corrected chi connectivity index (χ0v) is 8.37. The first-order chi connectivity index (χ1) is 6.02. The summed E-state index contributed by atoms with van der Waals surface area (Å²) in [5.41, 5.74) is 0. The van der Waals surface area contributed by atoms with Crippen LogP contribution in [-0.2, 0) is 10.1 Å². The molecule has 0 fully saturated rings. The molecule has 0 saturated carbocycles. The lowest BCUT2D eigenvalue weighted by Gasteiger charge is -2.06. The van der Waals surface area contributed by atoms with Crippen molar-refractivity contribution in [3.8, 4) is 0 Å². The standard InChI is InChI=1S/C7H15NO4S/c1-2-3-4-5-7(6-8-9)13(10,11)12/h6-7,9H,2-5H2,1H3,(H,10,11,12). The summed E-state index contributed by atoms with van der Waals surface area (Å²) in [6.45, 7) is 1.99. The summed E-state index contributed by atoms with van der Waals surface area (Å²) in [4.78, 5) is 0. The molecule has 5 nitrogen and oxygen atoms in total. The van der Waals surface area contributed by atoms with Gasteiger partial charge >= 0.3 is 0 Å². The number of unbranched alkanes of at least 4 members (excludes halogenated alkanes) is 2. The van der Waals surface area contributed by atoms with Gasteiger partial charge in [0.05, 0.1) is 6.21 Å². The summed E-state index contributed by atoms with van der Waals surface area (Å²) in [6.07, 6.45) is 3.68. The smallest absolute Gasteiger partial charge is 0.273 e. The van der Waals surface area contributed by atoms with Gasteiger partial charge in [0.15, 0.2) is 0 Å². The van der Waals surface area contributed by atoms with Gasteiger partial charge in [-0.25, -0.2) is 0 Å². The Labute approximate surface area is 78.2 Å². The Morgan fingerprint density at radius 3 is 2.46 bits per heavy atom. The highest BCUT2D eigenvalue weighted by Crippen LogP contribution is 2.08. The predicted octanol–water partition coefficient (Wildman–Crippen LogP) is 1.28. The van der Waals surface area contributed by atoms with Crippen molar-refractivity contribution >= 4 is 16.3 Å². The van der Waals surface area contributed by atoms with Crippen LogP contribution in [0.2, 0.25) is 0 Å². The second kappa shape index (κ2) is 5.93. The molecular weight excluding hydrogens is 194 g/mol. The van der Waals surface area contributed by atoms with Crippen LogP contribution in [0.15, 0.2) is 5.16 Å². The summed E-state index contributed by atoms with van der Waals surface area (Å²) < 4.78 is 30.0. The molecule has 0 aliphatic heterocycles. The number of hydrogen-bond acceptors (Lipinski definition) is 4. The quantitative estimate of drug-likeness (QED) is 0.227. The Bertz CT molecular complexity index is 247. The Balaban J connectivity index is 4.12. The molecule has 0 bridgehead atoms. The van der Waals surface area contributed by atoms with Gasteiger partial charge in [0.2, 0.25) is 0 Å². The minimum atomic E-state index is -4.12. The van der Waals surface area contributed by atoms with Gasteiger partial charge in [-0.3, -0.25) is 4.55 Å². The summed E-state index contributed by atoms with van der Waals surface area (Å²) >= 11 is 0. The number of oxime groups is 1. The van der Waals surface area contributed by atoms with Crippen molar-refractivity contribution in [2.75, 3.05) is 0 Å². The van der Waals surface area contributed by atoms with Crippen molar-refractivity contribution in [2.24, 2.45) is 5.16 Å². The van der Waals surface area contributed by atoms with E-state index in [1.54, 1.807) is 0 Å². The largest absolute Gasteiger partial charge is 0.411 e. The number of rotatable bonds is 6. The van der Waals surface area contributed by atoms with Gasteiger partial charge in [-0.1, -0.05) is 26.2 Å². The first-order valence-electron chi connectivity index (χ1n) is 4.16. The first-order valence-corrected chi connectivity index (χ1v) is 5.66. The molecule has 0 aromatic carbocycles. The van der Waals surface area contributed by atoms with Crippen LogP contribution >= 0.6 is 0 Å². The van der Waals surface area contributed by atoms with Crippen molar-refractivity contribution in [3.63, 3.8) is 0 Å². The molecule has 0 spiro atoms. The molecule has 1 atom stereocenters. The lowest BCUT2D eigenvalue weighted by molar-refractivity contribution is 0.320. The van der Waals surface area contributed by atoms with Crippen LogP contribution in [0.1, 0.15) is 32.6 Å². The first kappa shape index (κ1) is 12.4. The summed E-state index contributed by atoms with van der Waals surface area (Å²) in [5, 5.41) is 9.69. The monoisotopic (exact) mass is 209 g/mol. The molecule has 0 rings (SSSR count). The minimum absolute atomic E-state index is 0.288. The van der Waals surface area contributed by atoms with E-state index >= 15 is 0 Å². The van der Waals surface area contributed by atoms with Gasteiger partial charge in [0, 0.05) is 0 Å². The zero-order chi connectivity index (χ0) is 10.3. The second-order valence-corrected chi connectivity index (χ2v) is 4.45. The topological polar surface area (TPSA) is 87.0 Å². The van der Waals surface area contributed by atoms with E-state index in [2.05, 4.69) is 5.16 Å². The maximum atomic E-state index is 10.7. The third-order valence-corrected chi connectivity index (χ3v) is 2.83. The van der Waals surface area contributed by atoms with E-state index in [0.29, 0.717) is 6.42 Å². The van der Waals surface area contributed by atoms with Crippen LogP contribution in [0.3, 0.4) is 0 Å². The molecule has 0 aromatic rings. The van der Waals surface area contributed by atoms with E-state index in [-0.39, 0.29) is 6.42 Å². The number of nitrogens with zero attached hydrogens (tertiary/aromatic N) is 1. The zero-order valence-electron chi connectivity index (χ0n) is 7.55. The van der Waals surface area contributed by atoms with Crippen LogP contribution in [-0.4, -0.2) is 29.6 Å². The molecule has 2 N–H and O–H groups in total. The number of hydrogen-bond donors (Lipinski definition) is 2. The van der Waals surface area contributed by atoms with Crippen molar-refractivity contribution in [1.82, 2.24) is 0 Å². The van der Waals surface area contributed by atoms with Crippen LogP contribution in [0, 0.1) is 0 Å². The molecule has 6 heteroatoms. The highest BCUT2D eigenvalue weighted by molar-refractivity contribution is 7.87. The molecule has 78 valence electrons. The van der Waals surface area contributed by atoms with Crippen molar-refractivity contribution < 1.29 is 18.2 Å². The fourth-order valence-electron chi connectivity index (χ4n) is 0.970. The van der Waals surface area contributed by atoms with Gasteiger partial charge in [0.1, 0.15) is 5.25 Å². The van der Waals surface area contributed by atoms with Crippen molar-refractivity contribution in [3.05, 3.63) is 0 Å². The molecular formula is C7H15NO4S. The Morgan fingerprint density at radius 1 is 1.46 bits per heavy atom. The highest BCUT2D eigenvalue weighted by Gasteiger charge is 2.20. The van der Waals surface area contributed by atoms with E-state index in [0.717, 1.165) is 19.1 Å². The third-order valence-electron chi connectivity index (χ3n) is 1.71. The normalized spacial score (nSPS) is 14.9. The SMILES string of the molecule is CCCCCC(C=NO)S(=O)(=O)O. The summed E-state index contributed by atoms with van der Waals surface area (Å²) in [6, 6.07) is 0. The summed E-state index contributed by atoms with van der Waals surface area (Å²) in [7, 11) is -4.12. The molecule has 0 radical (unpaired) electrons. The molecule has 0 heterocycles. The van der Waals surface area contributed by atoms with E-state index in [1.807, 2.05) is 6.92 Å². The van der Waals surface area contributed by atoms with Crippen molar-refractivity contribution in [1.29, 1.82) is 0 Å². The molecule has 0 saturated heterocycles. The van der Waals surface area contributed by atoms with E-state index in [4.69, 9.17) is 9.76 Å². The van der Waals surface area contributed by atoms with E-state index < -0.39 is 15.4 Å².